The molecule has 5 rings (SSSR count). The largest absolute Gasteiger partial charge is 0.503 e. The minimum atomic E-state index is -1.03. The summed E-state index contributed by atoms with van der Waals surface area (Å²) in [7, 11) is 0. The van der Waals surface area contributed by atoms with Crippen molar-refractivity contribution in [1.82, 2.24) is 14.8 Å². The van der Waals surface area contributed by atoms with Crippen molar-refractivity contribution < 1.29 is 28.2 Å². The lowest BCUT2D eigenvalue weighted by molar-refractivity contribution is 0.0361. The predicted molar refractivity (Wildman–Crippen MR) is 112 cm³/mol. The van der Waals surface area contributed by atoms with E-state index in [4.69, 9.17) is 16.3 Å². The van der Waals surface area contributed by atoms with Crippen molar-refractivity contribution in [1.29, 1.82) is 0 Å². The molecule has 2 atom stereocenters. The molecule has 1 saturated heterocycles. The van der Waals surface area contributed by atoms with E-state index in [0.717, 1.165) is 12.1 Å². The van der Waals surface area contributed by atoms with Crippen molar-refractivity contribution in [3.63, 3.8) is 0 Å². The van der Waals surface area contributed by atoms with Crippen LogP contribution in [0, 0.1) is 11.6 Å². The van der Waals surface area contributed by atoms with Crippen LogP contribution in [0.5, 0.6) is 5.75 Å². The molecule has 33 heavy (non-hydrogen) atoms. The van der Waals surface area contributed by atoms with Gasteiger partial charge in [-0.1, -0.05) is 29.8 Å². The maximum Gasteiger partial charge on any atom is 0.275 e. The van der Waals surface area contributed by atoms with Gasteiger partial charge in [0, 0.05) is 24.8 Å². The molecule has 0 unspecified atom stereocenters. The van der Waals surface area contributed by atoms with E-state index in [9.17, 15) is 28.3 Å². The first-order valence-corrected chi connectivity index (χ1v) is 10.6. The fourth-order valence-corrected chi connectivity index (χ4v) is 4.92. The van der Waals surface area contributed by atoms with Gasteiger partial charge in [0.1, 0.15) is 27.8 Å². The number of pyridine rings is 1. The van der Waals surface area contributed by atoms with E-state index in [0.29, 0.717) is 13.0 Å². The summed E-state index contributed by atoms with van der Waals surface area (Å²) in [5, 5.41) is 12.3. The zero-order valence-electron chi connectivity index (χ0n) is 17.1. The second kappa shape index (κ2) is 7.67. The Bertz CT molecular complexity index is 1290. The number of halogens is 3. The summed E-state index contributed by atoms with van der Waals surface area (Å²) in [4.78, 5) is 40.3. The Labute approximate surface area is 191 Å². The van der Waals surface area contributed by atoms with Gasteiger partial charge in [-0.2, -0.15) is 0 Å². The summed E-state index contributed by atoms with van der Waals surface area (Å²) in [6.07, 6.45) is 5.70. The first kappa shape index (κ1) is 21.6. The maximum atomic E-state index is 14.1. The van der Waals surface area contributed by atoms with Crippen LogP contribution < -0.4 is 10.7 Å². The molecule has 1 fully saturated rings. The van der Waals surface area contributed by atoms with Gasteiger partial charge >= 0.3 is 0 Å². The zero-order valence-corrected chi connectivity index (χ0v) is 17.9. The van der Waals surface area contributed by atoms with Crippen LogP contribution in [-0.2, 0) is 11.3 Å². The van der Waals surface area contributed by atoms with Crippen LogP contribution in [-0.4, -0.2) is 51.7 Å². The second-order valence-corrected chi connectivity index (χ2v) is 8.54. The van der Waals surface area contributed by atoms with Gasteiger partial charge in [0.15, 0.2) is 11.4 Å². The molecule has 4 heterocycles. The fourth-order valence-electron chi connectivity index (χ4n) is 4.73. The van der Waals surface area contributed by atoms with Crippen LogP contribution in [0.15, 0.2) is 35.3 Å². The average molecular weight is 478 g/mol. The van der Waals surface area contributed by atoms with Crippen LogP contribution in [0.25, 0.3) is 0 Å². The van der Waals surface area contributed by atoms with E-state index in [-0.39, 0.29) is 31.0 Å². The molecule has 3 aliphatic rings. The van der Waals surface area contributed by atoms with Crippen molar-refractivity contribution in [2.75, 3.05) is 19.8 Å². The molecule has 172 valence electrons. The minimum Gasteiger partial charge on any atom is -0.503 e. The number of aromatic hydroxyl groups is 1. The molecule has 2 N–H and O–H groups in total. The zero-order chi connectivity index (χ0) is 23.5. The highest BCUT2D eigenvalue weighted by molar-refractivity contribution is 6.30. The van der Waals surface area contributed by atoms with Crippen molar-refractivity contribution in [2.45, 2.75) is 24.5 Å². The summed E-state index contributed by atoms with van der Waals surface area (Å²) in [6, 6.07) is 1.63. The Morgan fingerprint density at radius 1 is 1.33 bits per heavy atom. The van der Waals surface area contributed by atoms with E-state index in [1.807, 2.05) is 12.2 Å². The number of carbonyl (C=O) groups excluding carboxylic acids is 2. The molecule has 0 saturated carbocycles. The number of amides is 2. The molecule has 1 spiro atoms. The van der Waals surface area contributed by atoms with Crippen molar-refractivity contribution in [3.8, 4) is 5.75 Å². The van der Waals surface area contributed by atoms with Gasteiger partial charge in [0.25, 0.3) is 11.8 Å². The highest BCUT2D eigenvalue weighted by Crippen LogP contribution is 2.44. The molecule has 1 aromatic carbocycles. The molecule has 8 nitrogen and oxygen atoms in total. The highest BCUT2D eigenvalue weighted by Gasteiger charge is 2.55. The summed E-state index contributed by atoms with van der Waals surface area (Å²) < 4.78 is 34.6. The van der Waals surface area contributed by atoms with E-state index in [1.54, 1.807) is 4.90 Å². The number of aromatic nitrogens is 1. The van der Waals surface area contributed by atoms with Gasteiger partial charge in [0.05, 0.1) is 19.3 Å². The van der Waals surface area contributed by atoms with Crippen LogP contribution in [0.1, 0.15) is 38.9 Å². The molecule has 2 aromatic rings. The average Bonchev–Trinajstić information content (AvgIpc) is 3.22. The lowest BCUT2D eigenvalue weighted by Gasteiger charge is -2.48. The van der Waals surface area contributed by atoms with Crippen molar-refractivity contribution in [3.05, 3.63) is 74.2 Å². The first-order chi connectivity index (χ1) is 15.8. The lowest BCUT2D eigenvalue weighted by atomic mass is 9.84. The minimum absolute atomic E-state index is 0.0849. The molecule has 0 aliphatic carbocycles. The molecule has 0 radical (unpaired) electrons. The maximum absolute atomic E-state index is 14.1. The third-order valence-corrected chi connectivity index (χ3v) is 6.75. The van der Waals surface area contributed by atoms with Gasteiger partial charge in [-0.05, 0) is 12.5 Å². The van der Waals surface area contributed by atoms with Crippen molar-refractivity contribution >= 4 is 23.4 Å². The number of hydrogen-bond donors (Lipinski definition) is 2. The van der Waals surface area contributed by atoms with E-state index in [1.165, 1.54) is 10.8 Å². The quantitative estimate of drug-likeness (QED) is 0.521. The van der Waals surface area contributed by atoms with Crippen molar-refractivity contribution in [2.24, 2.45) is 0 Å². The Balaban J connectivity index is 1.52. The van der Waals surface area contributed by atoms with E-state index in [2.05, 4.69) is 5.32 Å². The number of fused-ring (bicyclic) bond motifs is 2. The van der Waals surface area contributed by atoms with Crippen LogP contribution >= 0.6 is 11.6 Å². The van der Waals surface area contributed by atoms with E-state index >= 15 is 0 Å². The smallest absolute Gasteiger partial charge is 0.275 e. The molecule has 0 bridgehead atoms. The van der Waals surface area contributed by atoms with Gasteiger partial charge in [-0.3, -0.25) is 14.4 Å². The number of rotatable bonds is 3. The number of carbonyl (C=O) groups is 2. The third-order valence-electron chi connectivity index (χ3n) is 6.41. The van der Waals surface area contributed by atoms with Crippen LogP contribution in [0.3, 0.4) is 0 Å². The molecule has 3 aliphatic heterocycles. The summed E-state index contributed by atoms with van der Waals surface area (Å²) >= 11 is 5.56. The normalized spacial score (nSPS) is 23.2. The summed E-state index contributed by atoms with van der Waals surface area (Å²) in [5.41, 5.74) is -2.50. The number of hydrogen-bond acceptors (Lipinski definition) is 5. The third kappa shape index (κ3) is 3.08. The van der Waals surface area contributed by atoms with Crippen LogP contribution in [0.4, 0.5) is 8.78 Å². The lowest BCUT2D eigenvalue weighted by Crippen LogP contribution is -2.61. The molecular weight excluding hydrogens is 460 g/mol. The second-order valence-electron chi connectivity index (χ2n) is 8.16. The standard InChI is InChI=1S/C22H18ClF2N3O5/c23-15-13(24)4-3-11(16(15)25)7-26-20(31)12-8-27-14-9-33-10-22(14)5-1-2-6-28(22)21(32)17(27)19(30)18(12)29/h1,3-5,8,14,30H,2,6-7,9-10H2,(H,26,31)/t14-,22+/m0/s1. The summed E-state index contributed by atoms with van der Waals surface area (Å²) in [6.45, 7) is 0.498. The Morgan fingerprint density at radius 3 is 2.91 bits per heavy atom. The topological polar surface area (TPSA) is 101 Å². The number of ether oxygens (including phenoxy) is 1. The Morgan fingerprint density at radius 2 is 2.12 bits per heavy atom. The van der Waals surface area contributed by atoms with Crippen LogP contribution in [0.2, 0.25) is 5.02 Å². The Hall–Kier alpha value is -3.24. The molecule has 2 amide bonds. The van der Waals surface area contributed by atoms with E-state index < -0.39 is 56.8 Å². The monoisotopic (exact) mass is 477 g/mol. The molecule has 1 aromatic heterocycles. The number of nitrogens with zero attached hydrogens (tertiary/aromatic N) is 2. The molecular formula is C22H18ClF2N3O5. The predicted octanol–water partition coefficient (Wildman–Crippen LogP) is 2.14. The summed E-state index contributed by atoms with van der Waals surface area (Å²) in [5.74, 6) is -4.22. The fraction of sp³-hybridized carbons (Fsp3) is 0.318. The number of benzene rings is 1. The Kier molecular flexibility index (Phi) is 5.02. The molecule has 11 heteroatoms. The van der Waals surface area contributed by atoms with Gasteiger partial charge in [0.2, 0.25) is 5.43 Å². The van der Waals surface area contributed by atoms with Gasteiger partial charge in [-0.25, -0.2) is 8.78 Å². The van der Waals surface area contributed by atoms with Gasteiger partial charge in [-0.15, -0.1) is 0 Å². The highest BCUT2D eigenvalue weighted by atomic mass is 35.5. The first-order valence-electron chi connectivity index (χ1n) is 10.2. The van der Waals surface area contributed by atoms with Gasteiger partial charge < -0.3 is 24.6 Å². The number of nitrogens with one attached hydrogen (secondary N) is 1. The SMILES string of the molecule is O=C(NCc1ccc(F)c(Cl)c1F)c1cn2c(c(O)c1=O)C(=O)N1CCC=C[C@]13COC[C@H]23.